The largest absolute Gasteiger partial charge is 0.310 e. The Kier molecular flexibility index (Phi) is 6.96. The first kappa shape index (κ1) is 28.3. The van der Waals surface area contributed by atoms with Crippen molar-refractivity contribution in [2.45, 2.75) is 19.3 Å². The topological polar surface area (TPSA) is 19.4 Å². The second-order valence-corrected chi connectivity index (χ2v) is 13.2. The molecule has 1 aliphatic rings. The van der Waals surface area contributed by atoms with Crippen LogP contribution < -0.4 is 9.80 Å². The minimum atomic E-state index is -0.166. The maximum Gasteiger partial charge on any atom is 0.0508 e. The number of para-hydroxylation sites is 2. The van der Waals surface area contributed by atoms with Gasteiger partial charge in [0.25, 0.3) is 0 Å². The molecule has 4 heteroatoms. The summed E-state index contributed by atoms with van der Waals surface area (Å²) in [6.07, 6.45) is 3.77. The van der Waals surface area contributed by atoms with Crippen LogP contribution in [0.3, 0.4) is 0 Å². The van der Waals surface area contributed by atoms with Gasteiger partial charge in [0, 0.05) is 56.1 Å². The quantitative estimate of drug-likeness (QED) is 0.177. The van der Waals surface area contributed by atoms with Gasteiger partial charge in [0.05, 0.1) is 5.69 Å². The van der Waals surface area contributed by atoms with E-state index in [4.69, 9.17) is 0 Å². The molecule has 6 aromatic carbocycles. The lowest BCUT2D eigenvalue weighted by Gasteiger charge is -2.33. The fraction of sp³-hybridized carbons (Fsp3) is 0.0714. The number of anilines is 6. The van der Waals surface area contributed by atoms with E-state index in [1.807, 2.05) is 12.4 Å². The molecule has 0 bridgehead atoms. The Morgan fingerprint density at radius 3 is 1.93 bits per heavy atom. The molecule has 0 aliphatic heterocycles. The standard InChI is InChI=1S/C42H32BrN3/c1-42(2)39-18-10-9-16-37(39)38-17-11-19-40(41(38)42)46(33-14-7-4-8-15-33)36-26-31(43)25-35(27-36)45(32-12-5-3-6-13-32)34-21-20-30-28-44-23-22-29(30)24-34/h3-28H,1-2H3. The monoisotopic (exact) mass is 657 g/mol. The van der Waals surface area contributed by atoms with Gasteiger partial charge in [-0.05, 0) is 94.4 Å². The Morgan fingerprint density at radius 2 is 1.17 bits per heavy atom. The number of rotatable bonds is 6. The highest BCUT2D eigenvalue weighted by molar-refractivity contribution is 9.10. The van der Waals surface area contributed by atoms with Crippen LogP contribution in [0, 0.1) is 0 Å². The number of fused-ring (bicyclic) bond motifs is 4. The molecule has 1 aliphatic carbocycles. The Morgan fingerprint density at radius 1 is 0.522 bits per heavy atom. The van der Waals surface area contributed by atoms with E-state index in [0.717, 1.165) is 43.7 Å². The third-order valence-corrected chi connectivity index (χ3v) is 9.55. The predicted molar refractivity (Wildman–Crippen MR) is 196 cm³/mol. The molecular formula is C42H32BrN3. The minimum absolute atomic E-state index is 0.166. The van der Waals surface area contributed by atoms with E-state index in [-0.39, 0.29) is 5.41 Å². The van der Waals surface area contributed by atoms with Crippen molar-refractivity contribution in [3.8, 4) is 11.1 Å². The highest BCUT2D eigenvalue weighted by Gasteiger charge is 2.38. The molecule has 3 nitrogen and oxygen atoms in total. The van der Waals surface area contributed by atoms with E-state index >= 15 is 0 Å². The molecule has 0 atom stereocenters. The van der Waals surface area contributed by atoms with E-state index in [1.54, 1.807) is 0 Å². The smallest absolute Gasteiger partial charge is 0.0508 e. The highest BCUT2D eigenvalue weighted by atomic mass is 79.9. The van der Waals surface area contributed by atoms with Crippen LogP contribution in [0.5, 0.6) is 0 Å². The first-order chi connectivity index (χ1) is 22.5. The van der Waals surface area contributed by atoms with Gasteiger partial charge in [-0.1, -0.05) is 109 Å². The summed E-state index contributed by atoms with van der Waals surface area (Å²) in [6, 6.07) is 52.2. The van der Waals surface area contributed by atoms with Crippen LogP contribution in [0.1, 0.15) is 25.0 Å². The van der Waals surface area contributed by atoms with E-state index in [2.05, 4.69) is 190 Å². The third-order valence-electron chi connectivity index (χ3n) is 9.09. The molecule has 1 aromatic heterocycles. The maximum atomic E-state index is 4.33. The third kappa shape index (κ3) is 4.77. The van der Waals surface area contributed by atoms with E-state index < -0.39 is 0 Å². The van der Waals surface area contributed by atoms with Crippen LogP contribution in [-0.4, -0.2) is 4.98 Å². The molecule has 0 fully saturated rings. The molecule has 222 valence electrons. The summed E-state index contributed by atoms with van der Waals surface area (Å²) in [4.78, 5) is 9.07. The molecule has 7 aromatic rings. The molecule has 8 rings (SSSR count). The lowest BCUT2D eigenvalue weighted by Crippen LogP contribution is -2.21. The van der Waals surface area contributed by atoms with Crippen molar-refractivity contribution in [3.05, 3.63) is 174 Å². The lowest BCUT2D eigenvalue weighted by atomic mass is 9.81. The van der Waals surface area contributed by atoms with Gasteiger partial charge in [-0.2, -0.15) is 0 Å². The lowest BCUT2D eigenvalue weighted by molar-refractivity contribution is 0.661. The molecule has 0 spiro atoms. The number of hydrogen-bond donors (Lipinski definition) is 0. The normalized spacial score (nSPS) is 12.8. The van der Waals surface area contributed by atoms with Gasteiger partial charge in [-0.3, -0.25) is 4.98 Å². The van der Waals surface area contributed by atoms with Crippen molar-refractivity contribution in [3.63, 3.8) is 0 Å². The van der Waals surface area contributed by atoms with Crippen molar-refractivity contribution >= 4 is 60.8 Å². The van der Waals surface area contributed by atoms with Gasteiger partial charge in [0.15, 0.2) is 0 Å². The summed E-state index contributed by atoms with van der Waals surface area (Å²) in [5.41, 5.74) is 11.7. The molecule has 0 unspecified atom stereocenters. The van der Waals surface area contributed by atoms with Crippen LogP contribution in [0.15, 0.2) is 162 Å². The zero-order valence-electron chi connectivity index (χ0n) is 25.7. The number of pyridine rings is 1. The maximum absolute atomic E-state index is 4.33. The second-order valence-electron chi connectivity index (χ2n) is 12.3. The summed E-state index contributed by atoms with van der Waals surface area (Å²) in [5, 5.41) is 2.27. The number of aromatic nitrogens is 1. The predicted octanol–water partition coefficient (Wildman–Crippen LogP) is 12.2. The first-order valence-electron chi connectivity index (χ1n) is 15.6. The van der Waals surface area contributed by atoms with Crippen molar-refractivity contribution in [1.82, 2.24) is 4.98 Å². The molecular weight excluding hydrogens is 626 g/mol. The van der Waals surface area contributed by atoms with Crippen LogP contribution >= 0.6 is 15.9 Å². The average Bonchev–Trinajstić information content (AvgIpc) is 3.33. The molecule has 0 saturated carbocycles. The van der Waals surface area contributed by atoms with Gasteiger partial charge in [0.2, 0.25) is 0 Å². The van der Waals surface area contributed by atoms with Crippen molar-refractivity contribution in [2.75, 3.05) is 9.80 Å². The second kappa shape index (κ2) is 11.3. The number of hydrogen-bond acceptors (Lipinski definition) is 3. The van der Waals surface area contributed by atoms with E-state index in [0.29, 0.717) is 0 Å². The summed E-state index contributed by atoms with van der Waals surface area (Å²) < 4.78 is 1.00. The summed E-state index contributed by atoms with van der Waals surface area (Å²) in [7, 11) is 0. The Balaban J connectivity index is 1.35. The van der Waals surface area contributed by atoms with Crippen LogP contribution in [0.25, 0.3) is 21.9 Å². The van der Waals surface area contributed by atoms with E-state index in [9.17, 15) is 0 Å². The Labute approximate surface area is 278 Å². The molecule has 46 heavy (non-hydrogen) atoms. The number of nitrogens with zero attached hydrogens (tertiary/aromatic N) is 3. The molecule has 0 radical (unpaired) electrons. The van der Waals surface area contributed by atoms with Gasteiger partial charge in [0.1, 0.15) is 0 Å². The van der Waals surface area contributed by atoms with Crippen molar-refractivity contribution in [2.24, 2.45) is 0 Å². The van der Waals surface area contributed by atoms with Crippen molar-refractivity contribution in [1.29, 1.82) is 0 Å². The summed E-state index contributed by atoms with van der Waals surface area (Å²) in [5.74, 6) is 0. The zero-order chi connectivity index (χ0) is 31.3. The zero-order valence-corrected chi connectivity index (χ0v) is 27.3. The highest BCUT2D eigenvalue weighted by Crippen LogP contribution is 2.54. The first-order valence-corrected chi connectivity index (χ1v) is 16.4. The molecule has 0 N–H and O–H groups in total. The molecule has 1 heterocycles. The van der Waals surface area contributed by atoms with Gasteiger partial charge >= 0.3 is 0 Å². The van der Waals surface area contributed by atoms with Crippen LogP contribution in [0.4, 0.5) is 34.1 Å². The summed E-state index contributed by atoms with van der Waals surface area (Å²) in [6.45, 7) is 4.70. The summed E-state index contributed by atoms with van der Waals surface area (Å²) >= 11 is 3.93. The molecule has 0 saturated heterocycles. The fourth-order valence-corrected chi connectivity index (χ4v) is 7.53. The fourth-order valence-electron chi connectivity index (χ4n) is 7.06. The Bertz CT molecular complexity index is 2210. The minimum Gasteiger partial charge on any atom is -0.310 e. The Hall–Kier alpha value is -5.19. The number of benzene rings is 6. The van der Waals surface area contributed by atoms with Gasteiger partial charge in [-0.25, -0.2) is 0 Å². The number of halogens is 1. The van der Waals surface area contributed by atoms with Crippen LogP contribution in [-0.2, 0) is 5.41 Å². The average molecular weight is 659 g/mol. The van der Waals surface area contributed by atoms with Gasteiger partial charge in [-0.15, -0.1) is 0 Å². The van der Waals surface area contributed by atoms with Gasteiger partial charge < -0.3 is 9.80 Å². The SMILES string of the molecule is CC1(C)c2ccccc2-c2cccc(N(c3ccccc3)c3cc(Br)cc(N(c4ccccc4)c4ccc5cnccc5c4)c3)c21. The molecule has 0 amide bonds. The van der Waals surface area contributed by atoms with E-state index in [1.165, 1.54) is 27.9 Å². The van der Waals surface area contributed by atoms with Crippen molar-refractivity contribution < 1.29 is 0 Å². The van der Waals surface area contributed by atoms with Crippen LogP contribution in [0.2, 0.25) is 0 Å².